The number of nitrogens with zero attached hydrogens (tertiary/aromatic N) is 2. The first-order chi connectivity index (χ1) is 12.6. The molecule has 1 N–H and O–H groups in total. The van der Waals surface area contributed by atoms with Crippen LogP contribution in [0.1, 0.15) is 42.0 Å². The van der Waals surface area contributed by atoms with E-state index in [1.165, 1.54) is 17.3 Å². The molecule has 1 aromatic heterocycles. The van der Waals surface area contributed by atoms with Crippen LogP contribution in [0.3, 0.4) is 0 Å². The molecule has 0 unspecified atom stereocenters. The third-order valence-electron chi connectivity index (χ3n) is 5.10. The lowest BCUT2D eigenvalue weighted by molar-refractivity contribution is -0.132. The van der Waals surface area contributed by atoms with E-state index in [1.54, 1.807) is 0 Å². The summed E-state index contributed by atoms with van der Waals surface area (Å²) in [5.74, 6) is 0.665. The smallest absolute Gasteiger partial charge is 0.254 e. The van der Waals surface area contributed by atoms with Gasteiger partial charge in [-0.1, -0.05) is 42.1 Å². The molecule has 0 aliphatic carbocycles. The summed E-state index contributed by atoms with van der Waals surface area (Å²) < 4.78 is 0. The molecule has 0 saturated carbocycles. The number of hydrogen-bond acceptors (Lipinski definition) is 4. The molecule has 3 rings (SSSR count). The molecule has 2 aromatic rings. The molecule has 1 saturated heterocycles. The summed E-state index contributed by atoms with van der Waals surface area (Å²) in [5.41, 5.74) is 2.57. The number of aryl methyl sites for hydroxylation is 1. The van der Waals surface area contributed by atoms with Gasteiger partial charge in [0.25, 0.3) is 5.56 Å². The van der Waals surface area contributed by atoms with Crippen molar-refractivity contribution in [2.75, 3.05) is 19.3 Å². The average Bonchev–Trinajstić information content (AvgIpc) is 2.67. The van der Waals surface area contributed by atoms with E-state index < -0.39 is 0 Å². The molecule has 1 aromatic carbocycles. The molecule has 6 heteroatoms. The number of carbonyl (C=O) groups excluding carboxylic acids is 1. The van der Waals surface area contributed by atoms with E-state index in [4.69, 9.17) is 0 Å². The highest BCUT2D eigenvalue weighted by Crippen LogP contribution is 2.28. The van der Waals surface area contributed by atoms with Crippen molar-refractivity contribution in [2.24, 2.45) is 0 Å². The van der Waals surface area contributed by atoms with Crippen LogP contribution in [-0.2, 0) is 11.2 Å². The largest absolute Gasteiger partial charge is 0.343 e. The van der Waals surface area contributed by atoms with Gasteiger partial charge in [0.2, 0.25) is 5.91 Å². The zero-order valence-corrected chi connectivity index (χ0v) is 16.1. The monoisotopic (exact) mass is 371 g/mol. The topological polar surface area (TPSA) is 66.1 Å². The van der Waals surface area contributed by atoms with E-state index in [1.807, 2.05) is 24.1 Å². The van der Waals surface area contributed by atoms with E-state index in [-0.39, 0.29) is 11.5 Å². The Kier molecular flexibility index (Phi) is 6.14. The molecule has 2 heterocycles. The van der Waals surface area contributed by atoms with Crippen molar-refractivity contribution >= 4 is 17.7 Å². The Hall–Kier alpha value is -2.08. The van der Waals surface area contributed by atoms with Gasteiger partial charge in [0.1, 0.15) is 0 Å². The van der Waals surface area contributed by atoms with Gasteiger partial charge in [-0.2, -0.15) is 0 Å². The van der Waals surface area contributed by atoms with Gasteiger partial charge >= 0.3 is 0 Å². The normalized spacial score (nSPS) is 15.2. The number of carbonyl (C=O) groups is 1. The Labute approximate surface area is 158 Å². The Morgan fingerprint density at radius 1 is 1.27 bits per heavy atom. The molecular formula is C20H25N3O2S. The van der Waals surface area contributed by atoms with Gasteiger partial charge < -0.3 is 9.88 Å². The fourth-order valence-corrected chi connectivity index (χ4v) is 3.98. The highest BCUT2D eigenvalue weighted by atomic mass is 32.2. The number of rotatable bonds is 5. The van der Waals surface area contributed by atoms with Crippen molar-refractivity contribution in [2.45, 2.75) is 43.7 Å². The molecule has 0 atom stereocenters. The zero-order chi connectivity index (χ0) is 18.5. The summed E-state index contributed by atoms with van der Waals surface area (Å²) in [4.78, 5) is 33.8. The van der Waals surface area contributed by atoms with Crippen LogP contribution in [0.2, 0.25) is 0 Å². The van der Waals surface area contributed by atoms with Gasteiger partial charge in [-0.15, -0.1) is 0 Å². The lowest BCUT2D eigenvalue weighted by atomic mass is 9.89. The van der Waals surface area contributed by atoms with Crippen molar-refractivity contribution in [1.29, 1.82) is 0 Å². The van der Waals surface area contributed by atoms with Crippen molar-refractivity contribution in [3.8, 4) is 0 Å². The molecule has 0 spiro atoms. The van der Waals surface area contributed by atoms with Crippen LogP contribution in [0.15, 0.2) is 40.3 Å². The van der Waals surface area contributed by atoms with Crippen LogP contribution in [-0.4, -0.2) is 40.1 Å². The minimum Gasteiger partial charge on any atom is -0.343 e. The molecule has 1 fully saturated rings. The summed E-state index contributed by atoms with van der Waals surface area (Å²) in [7, 11) is 0. The summed E-state index contributed by atoms with van der Waals surface area (Å²) >= 11 is 1.41. The minimum absolute atomic E-state index is 0.127. The van der Waals surface area contributed by atoms with Gasteiger partial charge in [0.15, 0.2) is 5.16 Å². The number of likely N-dealkylation sites (tertiary alicyclic amines) is 1. The van der Waals surface area contributed by atoms with Crippen molar-refractivity contribution in [3.05, 3.63) is 57.5 Å². The maximum atomic E-state index is 12.5. The summed E-state index contributed by atoms with van der Waals surface area (Å²) in [6, 6.07) is 10.5. The number of piperidine rings is 1. The lowest BCUT2D eigenvalue weighted by Gasteiger charge is -2.32. The predicted molar refractivity (Wildman–Crippen MR) is 105 cm³/mol. The Balaban J connectivity index is 1.55. The third kappa shape index (κ3) is 4.36. The molecule has 1 aliphatic heterocycles. The van der Waals surface area contributed by atoms with E-state index >= 15 is 0 Å². The minimum atomic E-state index is -0.127. The second kappa shape index (κ2) is 8.54. The van der Waals surface area contributed by atoms with Crippen LogP contribution < -0.4 is 5.56 Å². The van der Waals surface area contributed by atoms with Gasteiger partial charge in [-0.3, -0.25) is 9.59 Å². The lowest BCUT2D eigenvalue weighted by Crippen LogP contribution is -2.38. The van der Waals surface area contributed by atoms with Gasteiger partial charge in [0.05, 0.1) is 0 Å². The van der Waals surface area contributed by atoms with Crippen LogP contribution in [0.4, 0.5) is 0 Å². The van der Waals surface area contributed by atoms with Crippen LogP contribution in [0.25, 0.3) is 0 Å². The quantitative estimate of drug-likeness (QED) is 0.648. The first-order valence-corrected chi connectivity index (χ1v) is 10.3. The maximum absolute atomic E-state index is 12.5. The predicted octanol–water partition coefficient (Wildman–Crippen LogP) is 3.14. The average molecular weight is 372 g/mol. The van der Waals surface area contributed by atoms with Crippen LogP contribution in [0, 0.1) is 6.92 Å². The Bertz CT molecular complexity index is 812. The molecule has 0 bridgehead atoms. The van der Waals surface area contributed by atoms with Crippen molar-refractivity contribution in [1.82, 2.24) is 14.9 Å². The van der Waals surface area contributed by atoms with E-state index in [2.05, 4.69) is 34.2 Å². The summed E-state index contributed by atoms with van der Waals surface area (Å²) in [6.45, 7) is 3.41. The summed E-state index contributed by atoms with van der Waals surface area (Å²) in [6.07, 6.45) is 4.68. The molecule has 1 aliphatic rings. The highest BCUT2D eigenvalue weighted by Gasteiger charge is 2.23. The first-order valence-electron chi connectivity index (χ1n) is 9.05. The number of amides is 1. The molecule has 26 heavy (non-hydrogen) atoms. The molecule has 0 radical (unpaired) electrons. The second-order valence-corrected chi connectivity index (χ2v) is 7.50. The van der Waals surface area contributed by atoms with Crippen molar-refractivity contribution < 1.29 is 4.79 Å². The number of aromatic nitrogens is 2. The molecule has 138 valence electrons. The van der Waals surface area contributed by atoms with Gasteiger partial charge in [0, 0.05) is 30.8 Å². The molecule has 1 amide bonds. The number of nitrogens with one attached hydrogen (secondary N) is 1. The van der Waals surface area contributed by atoms with Crippen LogP contribution >= 0.6 is 11.8 Å². The SMILES string of the molecule is CSc1nc(C)c(CCC(=O)N2CCC(c3ccccc3)CC2)c(=O)[nH]1. The number of thioether (sulfide) groups is 1. The summed E-state index contributed by atoms with van der Waals surface area (Å²) in [5, 5.41) is 0.616. The fourth-order valence-electron chi connectivity index (χ4n) is 3.55. The number of hydrogen-bond donors (Lipinski definition) is 1. The highest BCUT2D eigenvalue weighted by molar-refractivity contribution is 7.98. The molecule has 5 nitrogen and oxygen atoms in total. The van der Waals surface area contributed by atoms with Crippen molar-refractivity contribution in [3.63, 3.8) is 0 Å². The van der Waals surface area contributed by atoms with Crippen LogP contribution in [0.5, 0.6) is 0 Å². The molecular weight excluding hydrogens is 346 g/mol. The number of benzene rings is 1. The Morgan fingerprint density at radius 3 is 2.58 bits per heavy atom. The zero-order valence-electron chi connectivity index (χ0n) is 15.3. The standard InChI is InChI=1S/C20H25N3O2S/c1-14-17(19(25)22-20(21-14)26-2)8-9-18(24)23-12-10-16(11-13-23)15-6-4-3-5-7-15/h3-7,16H,8-13H2,1-2H3,(H,21,22,25). The van der Waals surface area contributed by atoms with E-state index in [9.17, 15) is 9.59 Å². The maximum Gasteiger partial charge on any atom is 0.254 e. The fraction of sp³-hybridized carbons (Fsp3) is 0.450. The van der Waals surface area contributed by atoms with Gasteiger partial charge in [-0.25, -0.2) is 4.98 Å². The van der Waals surface area contributed by atoms with E-state index in [0.29, 0.717) is 35.2 Å². The third-order valence-corrected chi connectivity index (χ3v) is 5.68. The number of aromatic amines is 1. The van der Waals surface area contributed by atoms with Gasteiger partial charge in [-0.05, 0) is 43.9 Å². The Morgan fingerprint density at radius 2 is 1.96 bits per heavy atom. The van der Waals surface area contributed by atoms with E-state index in [0.717, 1.165) is 25.9 Å². The number of H-pyrrole nitrogens is 1. The first kappa shape index (κ1) is 18.7. The second-order valence-electron chi connectivity index (χ2n) is 6.70.